The van der Waals surface area contributed by atoms with E-state index >= 15 is 0 Å². The normalized spacial score (nSPS) is 27.3. The fraction of sp³-hybridized carbons (Fsp3) is 0.769. The van der Waals surface area contributed by atoms with Crippen molar-refractivity contribution in [3.8, 4) is 0 Å². The fourth-order valence-corrected chi connectivity index (χ4v) is 2.61. The molecule has 110 valence electrons. The standard InChI is InChI=1S/C13H24N4O.HI/c1-3-6-15-13(14-2)16-8-12-9-17-7-4-5-11(17)10-18-12;/h3,11-12H,1,4-10H2,2H3,(H2,14,15,16);1H. The van der Waals surface area contributed by atoms with Gasteiger partial charge in [0.1, 0.15) is 0 Å². The Balaban J connectivity index is 0.00000180. The molecule has 0 amide bonds. The summed E-state index contributed by atoms with van der Waals surface area (Å²) >= 11 is 0. The summed E-state index contributed by atoms with van der Waals surface area (Å²) < 4.78 is 5.88. The van der Waals surface area contributed by atoms with E-state index in [1.54, 1.807) is 7.05 Å². The monoisotopic (exact) mass is 380 g/mol. The number of nitrogens with one attached hydrogen (secondary N) is 2. The summed E-state index contributed by atoms with van der Waals surface area (Å²) in [4.78, 5) is 6.71. The van der Waals surface area contributed by atoms with Crippen LogP contribution in [0.5, 0.6) is 0 Å². The van der Waals surface area contributed by atoms with Crippen LogP contribution in [-0.2, 0) is 4.74 Å². The Hall–Kier alpha value is -0.340. The highest BCUT2D eigenvalue weighted by Gasteiger charge is 2.31. The maximum Gasteiger partial charge on any atom is 0.191 e. The van der Waals surface area contributed by atoms with E-state index in [2.05, 4.69) is 27.1 Å². The molecule has 6 heteroatoms. The van der Waals surface area contributed by atoms with Crippen LogP contribution >= 0.6 is 24.0 Å². The van der Waals surface area contributed by atoms with E-state index in [9.17, 15) is 0 Å². The maximum atomic E-state index is 5.88. The number of morpholine rings is 1. The second kappa shape index (κ2) is 8.76. The predicted octanol–water partition coefficient (Wildman–Crippen LogP) is 0.819. The van der Waals surface area contributed by atoms with Gasteiger partial charge < -0.3 is 15.4 Å². The third-order valence-electron chi connectivity index (χ3n) is 3.60. The first-order valence-corrected chi connectivity index (χ1v) is 6.74. The molecule has 2 atom stereocenters. The van der Waals surface area contributed by atoms with Gasteiger partial charge in [0.2, 0.25) is 0 Å². The van der Waals surface area contributed by atoms with Crippen molar-refractivity contribution in [2.24, 2.45) is 4.99 Å². The second-order valence-corrected chi connectivity index (χ2v) is 4.87. The van der Waals surface area contributed by atoms with Gasteiger partial charge in [0.15, 0.2) is 5.96 Å². The molecule has 2 aliphatic heterocycles. The number of aliphatic imine (C=N–C) groups is 1. The number of hydrogen-bond donors (Lipinski definition) is 2. The minimum absolute atomic E-state index is 0. The van der Waals surface area contributed by atoms with E-state index in [0.29, 0.717) is 6.04 Å². The van der Waals surface area contributed by atoms with Crippen LogP contribution < -0.4 is 10.6 Å². The highest BCUT2D eigenvalue weighted by atomic mass is 127. The Bertz CT molecular complexity index is 311. The zero-order valence-electron chi connectivity index (χ0n) is 11.6. The molecule has 2 fully saturated rings. The van der Waals surface area contributed by atoms with Crippen LogP contribution in [0.1, 0.15) is 12.8 Å². The van der Waals surface area contributed by atoms with Crippen molar-refractivity contribution in [1.82, 2.24) is 15.5 Å². The van der Waals surface area contributed by atoms with E-state index in [1.807, 2.05) is 6.08 Å². The van der Waals surface area contributed by atoms with Gasteiger partial charge in [-0.25, -0.2) is 0 Å². The molecule has 0 radical (unpaired) electrons. The predicted molar refractivity (Wildman–Crippen MR) is 89.3 cm³/mol. The van der Waals surface area contributed by atoms with Crippen molar-refractivity contribution < 1.29 is 4.74 Å². The van der Waals surface area contributed by atoms with E-state index in [4.69, 9.17) is 4.74 Å². The third-order valence-corrected chi connectivity index (χ3v) is 3.60. The summed E-state index contributed by atoms with van der Waals surface area (Å²) in [5, 5.41) is 6.45. The highest BCUT2D eigenvalue weighted by Crippen LogP contribution is 2.22. The largest absolute Gasteiger partial charge is 0.373 e. The van der Waals surface area contributed by atoms with Crippen LogP contribution in [0.4, 0.5) is 0 Å². The lowest BCUT2D eigenvalue weighted by molar-refractivity contribution is -0.0453. The van der Waals surface area contributed by atoms with Gasteiger partial charge in [0, 0.05) is 32.7 Å². The van der Waals surface area contributed by atoms with E-state index in [-0.39, 0.29) is 30.1 Å². The lowest BCUT2D eigenvalue weighted by Crippen LogP contribution is -2.51. The van der Waals surface area contributed by atoms with Crippen LogP contribution in [0, 0.1) is 0 Å². The van der Waals surface area contributed by atoms with Gasteiger partial charge in [-0.3, -0.25) is 9.89 Å². The van der Waals surface area contributed by atoms with Gasteiger partial charge in [-0.1, -0.05) is 6.08 Å². The number of ether oxygens (including phenoxy) is 1. The first kappa shape index (κ1) is 16.7. The average molecular weight is 380 g/mol. The van der Waals surface area contributed by atoms with Gasteiger partial charge in [-0.05, 0) is 19.4 Å². The van der Waals surface area contributed by atoms with Crippen molar-refractivity contribution in [2.45, 2.75) is 25.0 Å². The van der Waals surface area contributed by atoms with Crippen LogP contribution in [0.25, 0.3) is 0 Å². The quantitative estimate of drug-likeness (QED) is 0.328. The smallest absolute Gasteiger partial charge is 0.191 e. The Morgan fingerprint density at radius 1 is 1.53 bits per heavy atom. The number of halogens is 1. The lowest BCUT2D eigenvalue weighted by atomic mass is 10.2. The zero-order chi connectivity index (χ0) is 12.8. The molecular weight excluding hydrogens is 355 g/mol. The van der Waals surface area contributed by atoms with Crippen molar-refractivity contribution in [1.29, 1.82) is 0 Å². The average Bonchev–Trinajstić information content (AvgIpc) is 2.86. The summed E-state index contributed by atoms with van der Waals surface area (Å²) in [6, 6.07) is 0.666. The molecule has 5 nitrogen and oxygen atoms in total. The number of hydrogen-bond acceptors (Lipinski definition) is 3. The molecule has 0 saturated carbocycles. The first-order chi connectivity index (χ1) is 8.83. The van der Waals surface area contributed by atoms with Crippen molar-refractivity contribution in [3.05, 3.63) is 12.7 Å². The van der Waals surface area contributed by atoms with Gasteiger partial charge in [0.25, 0.3) is 0 Å². The molecule has 2 unspecified atom stereocenters. The van der Waals surface area contributed by atoms with E-state index < -0.39 is 0 Å². The minimum Gasteiger partial charge on any atom is -0.373 e. The van der Waals surface area contributed by atoms with Crippen LogP contribution in [-0.4, -0.2) is 62.8 Å². The van der Waals surface area contributed by atoms with Gasteiger partial charge in [-0.15, -0.1) is 30.6 Å². The Morgan fingerprint density at radius 3 is 3.11 bits per heavy atom. The Morgan fingerprint density at radius 2 is 2.37 bits per heavy atom. The summed E-state index contributed by atoms with van der Waals surface area (Å²) in [5.74, 6) is 0.807. The third kappa shape index (κ3) is 4.92. The molecule has 0 bridgehead atoms. The number of nitrogens with zero attached hydrogens (tertiary/aromatic N) is 2. The highest BCUT2D eigenvalue weighted by molar-refractivity contribution is 14.0. The molecule has 0 aliphatic carbocycles. The lowest BCUT2D eigenvalue weighted by Gasteiger charge is -2.35. The molecule has 0 aromatic carbocycles. The first-order valence-electron chi connectivity index (χ1n) is 6.74. The molecular formula is C13H25IN4O. The van der Waals surface area contributed by atoms with Crippen molar-refractivity contribution in [3.63, 3.8) is 0 Å². The number of guanidine groups is 1. The molecule has 2 heterocycles. The molecule has 2 N–H and O–H groups in total. The van der Waals surface area contributed by atoms with Gasteiger partial charge >= 0.3 is 0 Å². The molecule has 0 aromatic rings. The molecule has 0 spiro atoms. The summed E-state index contributed by atoms with van der Waals surface area (Å²) in [7, 11) is 1.77. The Kier molecular flexibility index (Phi) is 7.70. The van der Waals surface area contributed by atoms with E-state index in [0.717, 1.165) is 32.2 Å². The molecule has 2 rings (SSSR count). The molecule has 19 heavy (non-hydrogen) atoms. The van der Waals surface area contributed by atoms with Crippen molar-refractivity contribution in [2.75, 3.05) is 39.8 Å². The topological polar surface area (TPSA) is 48.9 Å². The maximum absolute atomic E-state index is 5.88. The fourth-order valence-electron chi connectivity index (χ4n) is 2.61. The zero-order valence-corrected chi connectivity index (χ0v) is 13.9. The summed E-state index contributed by atoms with van der Waals surface area (Å²) in [6.07, 6.45) is 4.69. The summed E-state index contributed by atoms with van der Waals surface area (Å²) in [6.45, 7) is 8.35. The molecule has 0 aromatic heterocycles. The van der Waals surface area contributed by atoms with Crippen LogP contribution in [0.2, 0.25) is 0 Å². The minimum atomic E-state index is 0. The van der Waals surface area contributed by atoms with E-state index in [1.165, 1.54) is 19.4 Å². The number of fused-ring (bicyclic) bond motifs is 1. The van der Waals surface area contributed by atoms with Crippen molar-refractivity contribution >= 4 is 29.9 Å². The Labute approximate surface area is 132 Å². The SMILES string of the molecule is C=CCNC(=NC)NCC1CN2CCCC2CO1.I. The van der Waals surface area contributed by atoms with Gasteiger partial charge in [-0.2, -0.15) is 0 Å². The van der Waals surface area contributed by atoms with Gasteiger partial charge in [0.05, 0.1) is 12.7 Å². The number of rotatable bonds is 4. The van der Waals surface area contributed by atoms with Crippen LogP contribution in [0.15, 0.2) is 17.6 Å². The van der Waals surface area contributed by atoms with Crippen LogP contribution in [0.3, 0.4) is 0 Å². The summed E-state index contributed by atoms with van der Waals surface area (Å²) in [5.41, 5.74) is 0. The molecule has 2 aliphatic rings. The molecule has 2 saturated heterocycles. The second-order valence-electron chi connectivity index (χ2n) is 4.87.